The molecule has 1 fully saturated rings. The number of carbonyl (C=O) groups excluding carboxylic acids is 2. The molecule has 1 atom stereocenters. The van der Waals surface area contributed by atoms with Crippen LogP contribution in [-0.2, 0) is 14.3 Å². The summed E-state index contributed by atoms with van der Waals surface area (Å²) in [5.41, 5.74) is 0.682. The first-order valence-corrected chi connectivity index (χ1v) is 5.78. The van der Waals surface area contributed by atoms with Crippen LogP contribution < -0.4 is 4.90 Å². The normalized spacial score (nSPS) is 18.5. The number of carboxylic acids is 1. The molecule has 0 radical (unpaired) electrons. The quantitative estimate of drug-likeness (QED) is 0.824. The summed E-state index contributed by atoms with van der Waals surface area (Å²) in [6.45, 7) is 0. The molecule has 1 saturated heterocycles. The summed E-state index contributed by atoms with van der Waals surface area (Å²) in [7, 11) is 1.26. The molecule has 0 aliphatic carbocycles. The van der Waals surface area contributed by atoms with Gasteiger partial charge in [0, 0.05) is 12.1 Å². The van der Waals surface area contributed by atoms with Gasteiger partial charge in [0.2, 0.25) is 5.91 Å². The molecule has 0 saturated carbocycles. The molecule has 1 N–H and O–H groups in total. The van der Waals surface area contributed by atoms with E-state index in [1.54, 1.807) is 18.2 Å². The highest BCUT2D eigenvalue weighted by Gasteiger charge is 2.37. The lowest BCUT2D eigenvalue weighted by molar-refractivity contribution is -0.138. The van der Waals surface area contributed by atoms with E-state index < -0.39 is 18.0 Å². The van der Waals surface area contributed by atoms with Crippen LogP contribution in [-0.4, -0.2) is 36.1 Å². The molecule has 2 rings (SSSR count). The van der Waals surface area contributed by atoms with Crippen molar-refractivity contribution in [1.82, 2.24) is 0 Å². The average Bonchev–Trinajstić information content (AvgIpc) is 2.80. The Bertz CT molecular complexity index is 540. The second kappa shape index (κ2) is 5.09. The molecule has 6 nitrogen and oxygen atoms in total. The fourth-order valence-corrected chi connectivity index (χ4v) is 2.14. The van der Waals surface area contributed by atoms with E-state index in [4.69, 9.17) is 5.11 Å². The first kappa shape index (κ1) is 13.1. The summed E-state index contributed by atoms with van der Waals surface area (Å²) in [6, 6.07) is 5.33. The Labute approximate surface area is 109 Å². The van der Waals surface area contributed by atoms with Crippen molar-refractivity contribution in [2.45, 2.75) is 18.9 Å². The number of ether oxygens (including phenoxy) is 1. The Morgan fingerprint density at radius 2 is 2.16 bits per heavy atom. The van der Waals surface area contributed by atoms with Crippen molar-refractivity contribution in [3.05, 3.63) is 29.8 Å². The smallest absolute Gasteiger partial charge is 0.337 e. The molecule has 6 heteroatoms. The summed E-state index contributed by atoms with van der Waals surface area (Å²) in [6.07, 6.45) is 0.468. The lowest BCUT2D eigenvalue weighted by Crippen LogP contribution is -2.38. The second-order valence-corrected chi connectivity index (χ2v) is 4.20. The van der Waals surface area contributed by atoms with E-state index >= 15 is 0 Å². The topological polar surface area (TPSA) is 83.9 Å². The van der Waals surface area contributed by atoms with Crippen LogP contribution in [0.4, 0.5) is 5.69 Å². The van der Waals surface area contributed by atoms with E-state index in [0.29, 0.717) is 5.69 Å². The molecular weight excluding hydrogens is 250 g/mol. The van der Waals surface area contributed by atoms with Crippen molar-refractivity contribution in [1.29, 1.82) is 0 Å². The summed E-state index contributed by atoms with van der Waals surface area (Å²) in [4.78, 5) is 35.6. The van der Waals surface area contributed by atoms with Crippen molar-refractivity contribution in [3.8, 4) is 0 Å². The van der Waals surface area contributed by atoms with Crippen LogP contribution in [0, 0.1) is 0 Å². The van der Waals surface area contributed by atoms with Gasteiger partial charge in [-0.05, 0) is 24.6 Å². The summed E-state index contributed by atoms with van der Waals surface area (Å²) >= 11 is 0. The number of rotatable bonds is 3. The lowest BCUT2D eigenvalue weighted by Gasteiger charge is -2.22. The van der Waals surface area contributed by atoms with Crippen molar-refractivity contribution in [3.63, 3.8) is 0 Å². The monoisotopic (exact) mass is 263 g/mol. The minimum atomic E-state index is -1.05. The van der Waals surface area contributed by atoms with Crippen LogP contribution in [0.15, 0.2) is 24.3 Å². The number of nitrogens with zero attached hydrogens (tertiary/aromatic N) is 1. The number of hydrogen-bond acceptors (Lipinski definition) is 4. The first-order chi connectivity index (χ1) is 9.04. The van der Waals surface area contributed by atoms with Gasteiger partial charge in [-0.3, -0.25) is 9.69 Å². The number of carboxylic acid groups (broad SMARTS) is 1. The van der Waals surface area contributed by atoms with E-state index in [1.807, 2.05) is 0 Å². The second-order valence-electron chi connectivity index (χ2n) is 4.20. The van der Waals surface area contributed by atoms with E-state index in [2.05, 4.69) is 4.74 Å². The Hall–Kier alpha value is -2.37. The van der Waals surface area contributed by atoms with Gasteiger partial charge in [-0.1, -0.05) is 6.07 Å². The molecule has 1 aliphatic heterocycles. The average molecular weight is 263 g/mol. The van der Waals surface area contributed by atoms with Crippen LogP contribution in [0.2, 0.25) is 0 Å². The Morgan fingerprint density at radius 3 is 2.79 bits per heavy atom. The molecular formula is C13H13NO5. The third-order valence-electron chi connectivity index (χ3n) is 3.04. The maximum absolute atomic E-state index is 11.8. The Balaban J connectivity index is 2.37. The largest absolute Gasteiger partial charge is 0.480 e. The van der Waals surface area contributed by atoms with Crippen LogP contribution in [0.5, 0.6) is 0 Å². The van der Waals surface area contributed by atoms with Gasteiger partial charge in [-0.15, -0.1) is 0 Å². The van der Waals surface area contributed by atoms with Crippen molar-refractivity contribution in [2.24, 2.45) is 0 Å². The number of benzene rings is 1. The fraction of sp³-hybridized carbons (Fsp3) is 0.308. The Kier molecular flexibility index (Phi) is 3.50. The molecule has 0 aromatic heterocycles. The van der Waals surface area contributed by atoms with Gasteiger partial charge in [0.1, 0.15) is 6.04 Å². The highest BCUT2D eigenvalue weighted by molar-refractivity contribution is 6.03. The van der Waals surface area contributed by atoms with Gasteiger partial charge in [-0.25, -0.2) is 9.59 Å². The zero-order valence-corrected chi connectivity index (χ0v) is 10.3. The van der Waals surface area contributed by atoms with Crippen LogP contribution in [0.1, 0.15) is 23.2 Å². The van der Waals surface area contributed by atoms with Crippen LogP contribution in [0.25, 0.3) is 0 Å². The molecule has 1 aliphatic rings. The highest BCUT2D eigenvalue weighted by Crippen LogP contribution is 2.27. The van der Waals surface area contributed by atoms with E-state index in [0.717, 1.165) is 0 Å². The van der Waals surface area contributed by atoms with Gasteiger partial charge < -0.3 is 9.84 Å². The van der Waals surface area contributed by atoms with Gasteiger partial charge in [0.25, 0.3) is 0 Å². The molecule has 0 bridgehead atoms. The summed E-state index contributed by atoms with van der Waals surface area (Å²) < 4.78 is 4.60. The van der Waals surface area contributed by atoms with Gasteiger partial charge in [-0.2, -0.15) is 0 Å². The van der Waals surface area contributed by atoms with Crippen LogP contribution >= 0.6 is 0 Å². The molecule has 1 amide bonds. The molecule has 100 valence electrons. The first-order valence-electron chi connectivity index (χ1n) is 5.78. The third-order valence-corrected chi connectivity index (χ3v) is 3.04. The molecule has 19 heavy (non-hydrogen) atoms. The number of carbonyl (C=O) groups is 3. The number of aliphatic carboxylic acids is 1. The highest BCUT2D eigenvalue weighted by atomic mass is 16.5. The number of amides is 1. The fourth-order valence-electron chi connectivity index (χ4n) is 2.14. The van der Waals surface area contributed by atoms with Crippen molar-refractivity contribution < 1.29 is 24.2 Å². The molecule has 1 aromatic rings. The Morgan fingerprint density at radius 1 is 1.42 bits per heavy atom. The summed E-state index contributed by atoms with van der Waals surface area (Å²) in [5, 5.41) is 9.10. The molecule has 1 heterocycles. The minimum absolute atomic E-state index is 0.194. The zero-order valence-electron chi connectivity index (χ0n) is 10.3. The maximum Gasteiger partial charge on any atom is 0.337 e. The number of esters is 1. The maximum atomic E-state index is 11.8. The van der Waals surface area contributed by atoms with E-state index in [-0.39, 0.29) is 24.3 Å². The van der Waals surface area contributed by atoms with Crippen molar-refractivity contribution >= 4 is 23.5 Å². The predicted molar refractivity (Wildman–Crippen MR) is 65.9 cm³/mol. The van der Waals surface area contributed by atoms with Crippen LogP contribution in [0.3, 0.4) is 0 Å². The zero-order chi connectivity index (χ0) is 14.0. The van der Waals surface area contributed by atoms with E-state index in [1.165, 1.54) is 18.1 Å². The predicted octanol–water partition coefficient (Wildman–Crippen LogP) is 1.05. The minimum Gasteiger partial charge on any atom is -0.480 e. The standard InChI is InChI=1S/C13H13NO5/c1-19-13(18)8-3-2-4-9(7-8)14-10(12(16)17)5-6-11(14)15/h2-4,7,10H,5-6H2,1H3,(H,16,17). The SMILES string of the molecule is COC(=O)c1cccc(N2C(=O)CCC2C(=O)O)c1. The molecule has 0 spiro atoms. The van der Waals surface area contributed by atoms with Crippen molar-refractivity contribution in [2.75, 3.05) is 12.0 Å². The van der Waals surface area contributed by atoms with Gasteiger partial charge in [0.15, 0.2) is 0 Å². The number of methoxy groups -OCH3 is 1. The van der Waals surface area contributed by atoms with E-state index in [9.17, 15) is 14.4 Å². The molecule has 1 unspecified atom stereocenters. The van der Waals surface area contributed by atoms with Gasteiger partial charge >= 0.3 is 11.9 Å². The number of anilines is 1. The molecule has 1 aromatic carbocycles. The number of hydrogen-bond donors (Lipinski definition) is 1. The summed E-state index contributed by atoms with van der Waals surface area (Å²) in [5.74, 6) is -1.83. The lowest BCUT2D eigenvalue weighted by atomic mass is 10.1. The van der Waals surface area contributed by atoms with Gasteiger partial charge in [0.05, 0.1) is 12.7 Å². The third kappa shape index (κ3) is 2.42.